The Balaban J connectivity index is 3.77. The van der Waals surface area contributed by atoms with Gasteiger partial charge in [0.2, 0.25) is 0 Å². The average molecular weight is 313 g/mol. The van der Waals surface area contributed by atoms with Crippen molar-refractivity contribution >= 4 is 11.8 Å². The molecule has 0 unspecified atom stereocenters. The molecule has 0 radical (unpaired) electrons. The highest BCUT2D eigenvalue weighted by atomic mass is 16.4. The van der Waals surface area contributed by atoms with E-state index in [4.69, 9.17) is 5.11 Å². The molecule has 0 aromatic heterocycles. The fourth-order valence-corrected chi connectivity index (χ4v) is 2.52. The molecule has 0 heterocycles. The van der Waals surface area contributed by atoms with Gasteiger partial charge < -0.3 is 5.11 Å². The fourth-order valence-electron chi connectivity index (χ4n) is 2.52. The molecule has 0 aliphatic carbocycles. The molecule has 0 atom stereocenters. The zero-order valence-corrected chi connectivity index (χ0v) is 15.0. The van der Waals surface area contributed by atoms with Gasteiger partial charge in [-0.1, -0.05) is 58.3 Å². The van der Waals surface area contributed by atoms with Crippen molar-refractivity contribution in [2.45, 2.75) is 90.5 Å². The summed E-state index contributed by atoms with van der Waals surface area (Å²) in [4.78, 5) is 24.6. The molecule has 0 aromatic carbocycles. The Hall–Kier alpha value is -0.900. The van der Waals surface area contributed by atoms with Crippen molar-refractivity contribution in [3.05, 3.63) is 0 Å². The number of ketones is 1. The summed E-state index contributed by atoms with van der Waals surface area (Å²) in [5.41, 5.74) is -0.696. The van der Waals surface area contributed by atoms with Gasteiger partial charge in [-0.25, -0.2) is 0 Å². The van der Waals surface area contributed by atoms with Crippen LogP contribution >= 0.6 is 0 Å². The van der Waals surface area contributed by atoms with Crippen LogP contribution in [0.4, 0.5) is 0 Å². The number of hydrogen-bond acceptors (Lipinski definition) is 3. The molecule has 1 N–H and O–H groups in total. The van der Waals surface area contributed by atoms with Crippen molar-refractivity contribution in [3.8, 4) is 0 Å². The Morgan fingerprint density at radius 1 is 0.909 bits per heavy atom. The topological polar surface area (TPSA) is 57.6 Å². The second-order valence-electron chi connectivity index (χ2n) is 6.81. The molecule has 0 spiro atoms. The number of carbonyl (C=O) groups is 2. The van der Waals surface area contributed by atoms with E-state index in [2.05, 4.69) is 6.92 Å². The first kappa shape index (κ1) is 21.1. The molecule has 0 aliphatic heterocycles. The lowest BCUT2D eigenvalue weighted by Crippen LogP contribution is -2.49. The lowest BCUT2D eigenvalue weighted by Gasteiger charge is -2.33. The molecule has 0 rings (SSSR count). The minimum Gasteiger partial charge on any atom is -0.480 e. The van der Waals surface area contributed by atoms with Crippen molar-refractivity contribution in [2.75, 3.05) is 13.6 Å². The molecule has 0 bridgehead atoms. The van der Waals surface area contributed by atoms with Crippen LogP contribution in [0.15, 0.2) is 0 Å². The van der Waals surface area contributed by atoms with Crippen LogP contribution in [-0.4, -0.2) is 40.9 Å². The monoisotopic (exact) mass is 313 g/mol. The highest BCUT2D eigenvalue weighted by Gasteiger charge is 2.32. The first-order chi connectivity index (χ1) is 10.3. The number of Topliss-reactive ketones (excluding diaryl/α,β-unsaturated/α-hetero) is 1. The lowest BCUT2D eigenvalue weighted by atomic mass is 9.92. The quantitative estimate of drug-likeness (QED) is 0.486. The van der Waals surface area contributed by atoms with Crippen LogP contribution in [0.25, 0.3) is 0 Å². The largest absolute Gasteiger partial charge is 0.480 e. The van der Waals surface area contributed by atoms with Crippen molar-refractivity contribution in [2.24, 2.45) is 0 Å². The van der Waals surface area contributed by atoms with E-state index in [0.29, 0.717) is 6.42 Å². The predicted octanol–water partition coefficient (Wildman–Crippen LogP) is 4.27. The molecule has 130 valence electrons. The number of carbonyl (C=O) groups excluding carboxylic acids is 1. The van der Waals surface area contributed by atoms with Gasteiger partial charge in [0.1, 0.15) is 0 Å². The second-order valence-corrected chi connectivity index (χ2v) is 6.81. The smallest absolute Gasteiger partial charge is 0.317 e. The van der Waals surface area contributed by atoms with E-state index in [1.54, 1.807) is 11.9 Å². The number of rotatable bonds is 14. The molecule has 0 saturated heterocycles. The summed E-state index contributed by atoms with van der Waals surface area (Å²) in [6.07, 6.45) is 11.6. The van der Waals surface area contributed by atoms with Gasteiger partial charge in [-0.05, 0) is 27.3 Å². The van der Waals surface area contributed by atoms with Crippen LogP contribution in [0.2, 0.25) is 0 Å². The van der Waals surface area contributed by atoms with Gasteiger partial charge in [0.15, 0.2) is 5.78 Å². The molecular weight excluding hydrogens is 278 g/mol. The fraction of sp³-hybridized carbons (Fsp3) is 0.889. The summed E-state index contributed by atoms with van der Waals surface area (Å²) < 4.78 is 0. The Kier molecular flexibility index (Phi) is 11.2. The normalized spacial score (nSPS) is 11.9. The summed E-state index contributed by atoms with van der Waals surface area (Å²) in [6.45, 7) is 5.75. The van der Waals surface area contributed by atoms with Crippen LogP contribution in [0.1, 0.15) is 85.0 Å². The lowest BCUT2D eigenvalue weighted by molar-refractivity contribution is -0.141. The maximum absolute atomic E-state index is 12.3. The maximum Gasteiger partial charge on any atom is 0.317 e. The summed E-state index contributed by atoms with van der Waals surface area (Å²) in [5, 5.41) is 8.83. The van der Waals surface area contributed by atoms with Gasteiger partial charge in [-0.15, -0.1) is 0 Å². The molecule has 4 nitrogen and oxygen atoms in total. The second kappa shape index (κ2) is 11.6. The van der Waals surface area contributed by atoms with Crippen LogP contribution in [0, 0.1) is 0 Å². The third kappa shape index (κ3) is 9.19. The molecular formula is C18H35NO3. The number of nitrogens with zero attached hydrogens (tertiary/aromatic N) is 1. The predicted molar refractivity (Wildman–Crippen MR) is 91.2 cm³/mol. The molecule has 0 fully saturated rings. The molecule has 0 aromatic rings. The summed E-state index contributed by atoms with van der Waals surface area (Å²) in [7, 11) is 1.70. The van der Waals surface area contributed by atoms with E-state index < -0.39 is 11.5 Å². The highest BCUT2D eigenvalue weighted by Crippen LogP contribution is 2.18. The SMILES string of the molecule is CCCCCCCCCCCC(=O)C(C)(C)N(C)CC(=O)O. The Bertz CT molecular complexity index is 326. The van der Waals surface area contributed by atoms with E-state index in [1.807, 2.05) is 13.8 Å². The number of hydrogen-bond donors (Lipinski definition) is 1. The van der Waals surface area contributed by atoms with Crippen LogP contribution in [0.5, 0.6) is 0 Å². The minimum absolute atomic E-state index is 0.101. The third-order valence-electron chi connectivity index (χ3n) is 4.52. The first-order valence-electron chi connectivity index (χ1n) is 8.78. The zero-order valence-electron chi connectivity index (χ0n) is 15.0. The van der Waals surface area contributed by atoms with Crippen molar-refractivity contribution in [1.29, 1.82) is 0 Å². The average Bonchev–Trinajstić information content (AvgIpc) is 2.44. The summed E-state index contributed by atoms with van der Waals surface area (Å²) in [5.74, 6) is -0.759. The number of unbranched alkanes of at least 4 members (excludes halogenated alkanes) is 8. The maximum atomic E-state index is 12.3. The number of carboxylic acids is 1. The molecule has 0 saturated carbocycles. The summed E-state index contributed by atoms with van der Waals surface area (Å²) in [6, 6.07) is 0. The van der Waals surface area contributed by atoms with E-state index in [0.717, 1.165) is 12.8 Å². The highest BCUT2D eigenvalue weighted by molar-refractivity contribution is 5.88. The van der Waals surface area contributed by atoms with Gasteiger partial charge in [0, 0.05) is 6.42 Å². The van der Waals surface area contributed by atoms with Crippen LogP contribution in [0.3, 0.4) is 0 Å². The van der Waals surface area contributed by atoms with Crippen molar-refractivity contribution in [3.63, 3.8) is 0 Å². The molecule has 22 heavy (non-hydrogen) atoms. The van der Waals surface area contributed by atoms with E-state index in [9.17, 15) is 9.59 Å². The third-order valence-corrected chi connectivity index (χ3v) is 4.52. The van der Waals surface area contributed by atoms with Gasteiger partial charge in [-0.2, -0.15) is 0 Å². The summed E-state index contributed by atoms with van der Waals surface area (Å²) >= 11 is 0. The van der Waals surface area contributed by atoms with E-state index >= 15 is 0 Å². The van der Waals surface area contributed by atoms with Crippen molar-refractivity contribution in [1.82, 2.24) is 4.90 Å². The van der Waals surface area contributed by atoms with Gasteiger partial charge in [0.25, 0.3) is 0 Å². The molecule has 0 amide bonds. The number of likely N-dealkylation sites (N-methyl/N-ethyl adjacent to an activating group) is 1. The van der Waals surface area contributed by atoms with Crippen LogP contribution in [-0.2, 0) is 9.59 Å². The van der Waals surface area contributed by atoms with Gasteiger partial charge >= 0.3 is 5.97 Å². The number of aliphatic carboxylic acids is 1. The minimum atomic E-state index is -0.897. The number of carboxylic acid groups (broad SMARTS) is 1. The molecule has 4 heteroatoms. The molecule has 0 aliphatic rings. The van der Waals surface area contributed by atoms with Gasteiger partial charge in [0.05, 0.1) is 12.1 Å². The van der Waals surface area contributed by atoms with Gasteiger partial charge in [-0.3, -0.25) is 14.5 Å². The van der Waals surface area contributed by atoms with E-state index in [1.165, 1.54) is 44.9 Å². The van der Waals surface area contributed by atoms with E-state index in [-0.39, 0.29) is 12.3 Å². The Morgan fingerprint density at radius 3 is 1.82 bits per heavy atom. The Morgan fingerprint density at radius 2 is 1.36 bits per heavy atom. The zero-order chi connectivity index (χ0) is 17.0. The first-order valence-corrected chi connectivity index (χ1v) is 8.78. The standard InChI is InChI=1S/C18H35NO3/c1-5-6-7-8-9-10-11-12-13-14-16(20)18(2,3)19(4)15-17(21)22/h5-15H2,1-4H3,(H,21,22). The Labute approximate surface area is 136 Å². The van der Waals surface area contributed by atoms with Crippen LogP contribution < -0.4 is 0 Å². The van der Waals surface area contributed by atoms with Crippen molar-refractivity contribution < 1.29 is 14.7 Å².